The van der Waals surface area contributed by atoms with Crippen LogP contribution in [0.2, 0.25) is 0 Å². The average molecular weight is 296 g/mol. The number of ether oxygens (including phenoxy) is 1. The van der Waals surface area contributed by atoms with E-state index >= 15 is 0 Å². The smallest absolute Gasteiger partial charge is 0.214 e. The van der Waals surface area contributed by atoms with Crippen LogP contribution in [0.25, 0.3) is 11.3 Å². The summed E-state index contributed by atoms with van der Waals surface area (Å²) < 4.78 is 6.00. The van der Waals surface area contributed by atoms with Crippen molar-refractivity contribution >= 4 is 6.29 Å². The zero-order valence-corrected chi connectivity index (χ0v) is 12.7. The van der Waals surface area contributed by atoms with Gasteiger partial charge in [0, 0.05) is 29.7 Å². The molecule has 1 N–H and O–H groups in total. The molecular weight excluding hydrogens is 276 g/mol. The fraction of sp³-hybridized carbons (Fsp3) is 0.333. The molecule has 0 spiro atoms. The maximum absolute atomic E-state index is 10.9. The molecule has 2 aromatic rings. The Labute approximate surface area is 130 Å². The number of nitrogens with zero attached hydrogens (tertiary/aromatic N) is 1. The summed E-state index contributed by atoms with van der Waals surface area (Å²) in [5.74, 6) is 1.16. The van der Waals surface area contributed by atoms with Gasteiger partial charge in [-0.25, -0.2) is 4.98 Å². The predicted molar refractivity (Wildman–Crippen MR) is 86.1 cm³/mol. The Morgan fingerprint density at radius 3 is 2.95 bits per heavy atom. The number of rotatable bonds is 5. The molecule has 0 saturated carbocycles. The molecule has 1 aliphatic heterocycles. The number of aromatic nitrogens is 1. The summed E-state index contributed by atoms with van der Waals surface area (Å²) >= 11 is 0. The Morgan fingerprint density at radius 2 is 2.18 bits per heavy atom. The van der Waals surface area contributed by atoms with Crippen LogP contribution in [0.5, 0.6) is 5.88 Å². The third kappa shape index (κ3) is 3.34. The molecule has 0 aliphatic carbocycles. The number of benzene rings is 1. The first-order chi connectivity index (χ1) is 10.8. The van der Waals surface area contributed by atoms with E-state index in [2.05, 4.69) is 17.2 Å². The molecule has 114 valence electrons. The zero-order valence-electron chi connectivity index (χ0n) is 12.7. The van der Waals surface area contributed by atoms with E-state index < -0.39 is 0 Å². The van der Waals surface area contributed by atoms with Crippen LogP contribution in [-0.2, 0) is 0 Å². The normalized spacial score (nSPS) is 18.9. The van der Waals surface area contributed by atoms with Crippen molar-refractivity contribution in [3.63, 3.8) is 0 Å². The third-order valence-electron chi connectivity index (χ3n) is 4.11. The van der Waals surface area contributed by atoms with E-state index in [1.54, 1.807) is 6.07 Å². The van der Waals surface area contributed by atoms with Gasteiger partial charge in [0.25, 0.3) is 0 Å². The van der Waals surface area contributed by atoms with Crippen LogP contribution in [0.4, 0.5) is 0 Å². The molecule has 0 bridgehead atoms. The molecule has 1 fully saturated rings. The monoisotopic (exact) mass is 296 g/mol. The van der Waals surface area contributed by atoms with Gasteiger partial charge in [0.1, 0.15) is 12.4 Å². The molecule has 0 radical (unpaired) electrons. The lowest BCUT2D eigenvalue weighted by atomic mass is 10.0. The minimum Gasteiger partial charge on any atom is -0.474 e. The molecule has 1 aromatic heterocycles. The van der Waals surface area contributed by atoms with Crippen molar-refractivity contribution in [2.45, 2.75) is 19.4 Å². The molecule has 1 unspecified atom stereocenters. The maximum atomic E-state index is 10.9. The van der Waals surface area contributed by atoms with Gasteiger partial charge < -0.3 is 10.1 Å². The molecule has 1 saturated heterocycles. The van der Waals surface area contributed by atoms with Crippen LogP contribution >= 0.6 is 0 Å². The summed E-state index contributed by atoms with van der Waals surface area (Å²) in [6.07, 6.45) is 2.13. The maximum Gasteiger partial charge on any atom is 0.214 e. The Bertz CT molecular complexity index is 651. The molecule has 3 rings (SSSR count). The van der Waals surface area contributed by atoms with Gasteiger partial charge in [0.2, 0.25) is 5.88 Å². The Balaban J connectivity index is 1.78. The number of hydrogen-bond donors (Lipinski definition) is 1. The van der Waals surface area contributed by atoms with Crippen molar-refractivity contribution in [1.82, 2.24) is 10.3 Å². The highest BCUT2D eigenvalue weighted by Gasteiger charge is 2.23. The largest absolute Gasteiger partial charge is 0.474 e. The molecule has 4 nitrogen and oxygen atoms in total. The number of carbonyl (C=O) groups is 1. The first-order valence-electron chi connectivity index (χ1n) is 7.66. The van der Waals surface area contributed by atoms with Crippen LogP contribution in [0.1, 0.15) is 23.7 Å². The average Bonchev–Trinajstić information content (AvgIpc) is 3.10. The fourth-order valence-corrected chi connectivity index (χ4v) is 2.78. The summed E-state index contributed by atoms with van der Waals surface area (Å²) in [5, 5.41) is 3.36. The van der Waals surface area contributed by atoms with E-state index in [9.17, 15) is 4.79 Å². The zero-order chi connectivity index (χ0) is 15.4. The molecule has 2 heterocycles. The van der Waals surface area contributed by atoms with Gasteiger partial charge in [-0.05, 0) is 32.0 Å². The van der Waals surface area contributed by atoms with Crippen LogP contribution in [0.3, 0.4) is 0 Å². The fourth-order valence-electron chi connectivity index (χ4n) is 2.78. The highest BCUT2D eigenvalue weighted by atomic mass is 16.5. The molecule has 22 heavy (non-hydrogen) atoms. The quantitative estimate of drug-likeness (QED) is 0.862. The summed E-state index contributed by atoms with van der Waals surface area (Å²) in [4.78, 5) is 15.5. The van der Waals surface area contributed by atoms with Crippen molar-refractivity contribution in [3.05, 3.63) is 48.0 Å². The summed E-state index contributed by atoms with van der Waals surface area (Å²) in [6, 6.07) is 13.2. The minimum atomic E-state index is 0.138. The Morgan fingerprint density at radius 1 is 1.32 bits per heavy atom. The van der Waals surface area contributed by atoms with Gasteiger partial charge in [-0.2, -0.15) is 0 Å². The molecule has 4 heteroatoms. The van der Waals surface area contributed by atoms with Crippen LogP contribution in [0.15, 0.2) is 42.5 Å². The number of hydrogen-bond acceptors (Lipinski definition) is 4. The van der Waals surface area contributed by atoms with E-state index in [0.29, 0.717) is 17.4 Å². The van der Waals surface area contributed by atoms with Gasteiger partial charge in [-0.15, -0.1) is 0 Å². The Hall–Kier alpha value is -2.20. The lowest BCUT2D eigenvalue weighted by molar-refractivity contribution is 0.112. The first-order valence-corrected chi connectivity index (χ1v) is 7.66. The lowest BCUT2D eigenvalue weighted by Crippen LogP contribution is -2.25. The standard InChI is InChI=1S/C18H20N2O2/c1-13(16-8-9-19-11-16)22-18-7-3-6-17(20-18)15-5-2-4-14(10-15)12-21/h2-7,10,12-13,16,19H,8-9,11H2,1H3/t13-,16?/m0/s1. The number of nitrogens with one attached hydrogen (secondary N) is 1. The highest BCUT2D eigenvalue weighted by Crippen LogP contribution is 2.23. The van der Waals surface area contributed by atoms with Crippen LogP contribution in [0, 0.1) is 5.92 Å². The van der Waals surface area contributed by atoms with E-state index in [-0.39, 0.29) is 6.10 Å². The second kappa shape index (κ2) is 6.71. The molecule has 1 aliphatic rings. The summed E-state index contributed by atoms with van der Waals surface area (Å²) in [6.45, 7) is 4.16. The number of pyridine rings is 1. The molecule has 1 aromatic carbocycles. The van der Waals surface area contributed by atoms with Crippen molar-refractivity contribution in [2.24, 2.45) is 5.92 Å². The van der Waals surface area contributed by atoms with Crippen LogP contribution < -0.4 is 10.1 Å². The lowest BCUT2D eigenvalue weighted by Gasteiger charge is -2.19. The van der Waals surface area contributed by atoms with E-state index in [1.165, 1.54) is 0 Å². The molecular formula is C18H20N2O2. The van der Waals surface area contributed by atoms with Crippen molar-refractivity contribution < 1.29 is 9.53 Å². The predicted octanol–water partition coefficient (Wildman–Crippen LogP) is 2.94. The van der Waals surface area contributed by atoms with E-state index in [4.69, 9.17) is 4.74 Å². The van der Waals surface area contributed by atoms with Crippen molar-refractivity contribution in [1.29, 1.82) is 0 Å². The SMILES string of the molecule is C[C@H](Oc1cccc(-c2cccc(C=O)c2)n1)C1CCNC1. The van der Waals surface area contributed by atoms with Gasteiger partial charge in [-0.3, -0.25) is 4.79 Å². The van der Waals surface area contributed by atoms with Crippen molar-refractivity contribution in [3.8, 4) is 17.1 Å². The second-order valence-corrected chi connectivity index (χ2v) is 5.68. The molecule has 0 amide bonds. The summed E-state index contributed by atoms with van der Waals surface area (Å²) in [5.41, 5.74) is 2.39. The van der Waals surface area contributed by atoms with Gasteiger partial charge in [0.15, 0.2) is 0 Å². The Kier molecular flexibility index (Phi) is 4.49. The highest BCUT2D eigenvalue weighted by molar-refractivity contribution is 5.78. The van der Waals surface area contributed by atoms with Gasteiger partial charge >= 0.3 is 0 Å². The van der Waals surface area contributed by atoms with E-state index in [0.717, 1.165) is 37.1 Å². The van der Waals surface area contributed by atoms with Crippen LogP contribution in [-0.4, -0.2) is 30.5 Å². The minimum absolute atomic E-state index is 0.138. The number of aldehydes is 1. The van der Waals surface area contributed by atoms with E-state index in [1.807, 2.05) is 36.4 Å². The molecule has 2 atom stereocenters. The van der Waals surface area contributed by atoms with Gasteiger partial charge in [-0.1, -0.05) is 24.3 Å². The topological polar surface area (TPSA) is 51.2 Å². The van der Waals surface area contributed by atoms with Crippen molar-refractivity contribution in [2.75, 3.05) is 13.1 Å². The first kappa shape index (κ1) is 14.7. The second-order valence-electron chi connectivity index (χ2n) is 5.68. The number of carbonyl (C=O) groups excluding carboxylic acids is 1. The van der Waals surface area contributed by atoms with Gasteiger partial charge in [0.05, 0.1) is 5.69 Å². The third-order valence-corrected chi connectivity index (χ3v) is 4.11. The summed E-state index contributed by atoms with van der Waals surface area (Å²) in [7, 11) is 0.